The van der Waals surface area contributed by atoms with E-state index in [1.54, 1.807) is 6.92 Å². The summed E-state index contributed by atoms with van der Waals surface area (Å²) in [5, 5.41) is -0.228. The van der Waals surface area contributed by atoms with Crippen LogP contribution in [0.4, 0.5) is 18.9 Å². The monoisotopic (exact) mass is 272 g/mol. The van der Waals surface area contributed by atoms with E-state index < -0.39 is 17.3 Å². The normalized spacial score (nSPS) is 11.8. The Hall–Kier alpha value is -2.18. The van der Waals surface area contributed by atoms with Crippen molar-refractivity contribution in [2.24, 2.45) is 0 Å². The second kappa shape index (κ2) is 4.49. The standard InChI is InChI=1S/C12H11F3N2O2/c1-2-19-11-7(16)3-4-8-10(11)6(12(13,14)15)5-9(18)17-8/h3-5H,2,16H2,1H3,(H,17,18). The lowest BCUT2D eigenvalue weighted by Gasteiger charge is -2.15. The van der Waals surface area contributed by atoms with Crippen LogP contribution in [0.5, 0.6) is 5.75 Å². The van der Waals surface area contributed by atoms with Gasteiger partial charge >= 0.3 is 6.18 Å². The number of aromatic amines is 1. The molecule has 102 valence electrons. The van der Waals surface area contributed by atoms with E-state index >= 15 is 0 Å². The molecule has 1 heterocycles. The van der Waals surface area contributed by atoms with Crippen LogP contribution in [0.2, 0.25) is 0 Å². The molecule has 0 spiro atoms. The number of H-pyrrole nitrogens is 1. The molecule has 0 amide bonds. The van der Waals surface area contributed by atoms with E-state index in [9.17, 15) is 18.0 Å². The summed E-state index contributed by atoms with van der Waals surface area (Å²) in [4.78, 5) is 13.6. The molecule has 0 saturated heterocycles. The van der Waals surface area contributed by atoms with Gasteiger partial charge in [-0.15, -0.1) is 0 Å². The first-order valence-corrected chi connectivity index (χ1v) is 5.50. The van der Waals surface area contributed by atoms with Gasteiger partial charge in [0.2, 0.25) is 5.56 Å². The van der Waals surface area contributed by atoms with Crippen LogP contribution in [0.1, 0.15) is 12.5 Å². The number of hydrogen-bond acceptors (Lipinski definition) is 3. The van der Waals surface area contributed by atoms with Crippen molar-refractivity contribution in [2.45, 2.75) is 13.1 Å². The first kappa shape index (κ1) is 13.3. The van der Waals surface area contributed by atoms with Gasteiger partial charge in [0.15, 0.2) is 5.75 Å². The highest BCUT2D eigenvalue weighted by Gasteiger charge is 2.35. The van der Waals surface area contributed by atoms with Crippen LogP contribution in [-0.2, 0) is 6.18 Å². The van der Waals surface area contributed by atoms with Gasteiger partial charge in [0, 0.05) is 6.07 Å². The van der Waals surface area contributed by atoms with Crippen LogP contribution in [0.15, 0.2) is 23.0 Å². The molecule has 0 bridgehead atoms. The molecule has 19 heavy (non-hydrogen) atoms. The van der Waals surface area contributed by atoms with Crippen LogP contribution in [0.3, 0.4) is 0 Å². The van der Waals surface area contributed by atoms with Crippen molar-refractivity contribution in [1.82, 2.24) is 4.98 Å². The smallest absolute Gasteiger partial charge is 0.417 e. The van der Waals surface area contributed by atoms with Gasteiger partial charge in [0.25, 0.3) is 0 Å². The number of fused-ring (bicyclic) bond motifs is 1. The Balaban J connectivity index is 2.93. The van der Waals surface area contributed by atoms with E-state index in [1.807, 2.05) is 0 Å². The van der Waals surface area contributed by atoms with Gasteiger partial charge in [-0.1, -0.05) is 0 Å². The molecule has 0 aliphatic rings. The third kappa shape index (κ3) is 2.35. The molecule has 4 nitrogen and oxygen atoms in total. The van der Waals surface area contributed by atoms with Crippen molar-refractivity contribution < 1.29 is 17.9 Å². The van der Waals surface area contributed by atoms with Crippen LogP contribution in [0, 0.1) is 0 Å². The highest BCUT2D eigenvalue weighted by molar-refractivity contribution is 5.93. The van der Waals surface area contributed by atoms with Crippen molar-refractivity contribution in [3.8, 4) is 5.75 Å². The third-order valence-electron chi connectivity index (χ3n) is 2.58. The number of pyridine rings is 1. The second-order valence-electron chi connectivity index (χ2n) is 3.88. The van der Waals surface area contributed by atoms with E-state index in [0.717, 1.165) is 0 Å². The predicted molar refractivity (Wildman–Crippen MR) is 65.2 cm³/mol. The molecule has 3 N–H and O–H groups in total. The van der Waals surface area contributed by atoms with E-state index in [0.29, 0.717) is 6.07 Å². The van der Waals surface area contributed by atoms with Gasteiger partial charge < -0.3 is 15.5 Å². The Morgan fingerprint density at radius 1 is 1.37 bits per heavy atom. The number of nitrogens with one attached hydrogen (secondary N) is 1. The number of benzene rings is 1. The van der Waals surface area contributed by atoms with Gasteiger partial charge in [0.1, 0.15) is 0 Å². The SMILES string of the molecule is CCOc1c(N)ccc2[nH]c(=O)cc(C(F)(F)F)c12. The predicted octanol–water partition coefficient (Wildman–Crippen LogP) is 2.53. The van der Waals surface area contributed by atoms with E-state index in [-0.39, 0.29) is 28.9 Å². The van der Waals surface area contributed by atoms with Crippen molar-refractivity contribution in [3.05, 3.63) is 34.1 Å². The Kier molecular flexibility index (Phi) is 3.13. The fourth-order valence-corrected chi connectivity index (χ4v) is 1.87. The lowest BCUT2D eigenvalue weighted by molar-refractivity contribution is -0.136. The molecule has 1 aromatic heterocycles. The zero-order valence-corrected chi connectivity index (χ0v) is 9.97. The number of nitrogen functional groups attached to an aromatic ring is 1. The van der Waals surface area contributed by atoms with Gasteiger partial charge in [-0.05, 0) is 19.1 Å². The van der Waals surface area contributed by atoms with Gasteiger partial charge in [-0.2, -0.15) is 13.2 Å². The number of rotatable bonds is 2. The summed E-state index contributed by atoms with van der Waals surface area (Å²) in [6.07, 6.45) is -4.66. The molecule has 0 unspecified atom stereocenters. The first-order chi connectivity index (χ1) is 8.84. The molecular formula is C12H11F3N2O2. The molecule has 7 heteroatoms. The molecule has 0 fully saturated rings. The summed E-state index contributed by atoms with van der Waals surface area (Å²) in [6, 6.07) is 3.22. The van der Waals surface area contributed by atoms with Crippen LogP contribution in [0.25, 0.3) is 10.9 Å². The average Bonchev–Trinajstić information content (AvgIpc) is 2.31. The fourth-order valence-electron chi connectivity index (χ4n) is 1.87. The topological polar surface area (TPSA) is 68.1 Å². The highest BCUT2D eigenvalue weighted by Crippen LogP contribution is 2.40. The van der Waals surface area contributed by atoms with Crippen molar-refractivity contribution in [3.63, 3.8) is 0 Å². The quantitative estimate of drug-likeness (QED) is 0.825. The molecule has 1 aromatic carbocycles. The van der Waals surface area contributed by atoms with Crippen LogP contribution < -0.4 is 16.0 Å². The summed E-state index contributed by atoms with van der Waals surface area (Å²) in [5.41, 5.74) is 3.89. The minimum absolute atomic E-state index is 0.0393. The average molecular weight is 272 g/mol. The Bertz CT molecular complexity index is 677. The fraction of sp³-hybridized carbons (Fsp3) is 0.250. The molecule has 0 aliphatic carbocycles. The summed E-state index contributed by atoms with van der Waals surface area (Å²) in [7, 11) is 0. The van der Waals surface area contributed by atoms with Gasteiger partial charge in [-0.3, -0.25) is 4.79 Å². The third-order valence-corrected chi connectivity index (χ3v) is 2.58. The number of anilines is 1. The number of ether oxygens (including phenoxy) is 1. The second-order valence-corrected chi connectivity index (χ2v) is 3.88. The zero-order chi connectivity index (χ0) is 14.2. The van der Waals surface area contributed by atoms with E-state index in [4.69, 9.17) is 10.5 Å². The Morgan fingerprint density at radius 3 is 2.63 bits per heavy atom. The molecule has 0 atom stereocenters. The van der Waals surface area contributed by atoms with Crippen molar-refractivity contribution >= 4 is 16.6 Å². The molecule has 0 radical (unpaired) electrons. The summed E-state index contributed by atoms with van der Waals surface area (Å²) in [6.45, 7) is 1.80. The molecule has 0 saturated carbocycles. The summed E-state index contributed by atoms with van der Waals surface area (Å²) < 4.78 is 44.2. The number of aromatic nitrogens is 1. The Morgan fingerprint density at radius 2 is 2.05 bits per heavy atom. The minimum atomic E-state index is -4.66. The van der Waals surface area contributed by atoms with E-state index in [2.05, 4.69) is 4.98 Å². The molecule has 0 aliphatic heterocycles. The maximum atomic E-state index is 13.0. The van der Waals surface area contributed by atoms with Crippen LogP contribution >= 0.6 is 0 Å². The minimum Gasteiger partial charge on any atom is -0.491 e. The van der Waals surface area contributed by atoms with Crippen molar-refractivity contribution in [1.29, 1.82) is 0 Å². The molecule has 2 rings (SSSR count). The zero-order valence-electron chi connectivity index (χ0n) is 9.97. The maximum absolute atomic E-state index is 13.0. The summed E-state index contributed by atoms with van der Waals surface area (Å²) in [5.74, 6) is -0.0661. The highest BCUT2D eigenvalue weighted by atomic mass is 19.4. The molecule has 2 aromatic rings. The number of hydrogen-bond donors (Lipinski definition) is 2. The lowest BCUT2D eigenvalue weighted by Crippen LogP contribution is -2.15. The van der Waals surface area contributed by atoms with Crippen molar-refractivity contribution in [2.75, 3.05) is 12.3 Å². The molecular weight excluding hydrogens is 261 g/mol. The maximum Gasteiger partial charge on any atom is 0.417 e. The number of nitrogens with two attached hydrogens (primary N) is 1. The van der Waals surface area contributed by atoms with E-state index in [1.165, 1.54) is 12.1 Å². The number of alkyl halides is 3. The number of halogens is 3. The summed E-state index contributed by atoms with van der Waals surface area (Å²) >= 11 is 0. The van der Waals surface area contributed by atoms with Gasteiger partial charge in [0.05, 0.1) is 28.8 Å². The Labute approximate surface area is 106 Å². The largest absolute Gasteiger partial charge is 0.491 e. The lowest BCUT2D eigenvalue weighted by atomic mass is 10.1. The van der Waals surface area contributed by atoms with Gasteiger partial charge in [-0.25, -0.2) is 0 Å². The van der Waals surface area contributed by atoms with Crippen LogP contribution in [-0.4, -0.2) is 11.6 Å². The first-order valence-electron chi connectivity index (χ1n) is 5.50.